The van der Waals surface area contributed by atoms with Crippen molar-refractivity contribution in [3.05, 3.63) is 23.9 Å². The Kier molecular flexibility index (Phi) is 3.31. The Hall–Kier alpha value is -1.58. The first-order valence-electron chi connectivity index (χ1n) is 6.20. The van der Waals surface area contributed by atoms with Crippen molar-refractivity contribution in [3.63, 3.8) is 0 Å². The second-order valence-electron chi connectivity index (χ2n) is 4.78. The highest BCUT2D eigenvalue weighted by molar-refractivity contribution is 5.44. The summed E-state index contributed by atoms with van der Waals surface area (Å²) in [5.74, 6) is 1.30. The van der Waals surface area contributed by atoms with Crippen molar-refractivity contribution in [1.82, 2.24) is 14.6 Å². The molecule has 0 spiro atoms. The maximum Gasteiger partial charge on any atom is 0.243 e. The summed E-state index contributed by atoms with van der Waals surface area (Å²) in [7, 11) is 0. The topological polar surface area (TPSA) is 42.2 Å². The zero-order valence-electron chi connectivity index (χ0n) is 10.9. The molecule has 92 valence electrons. The van der Waals surface area contributed by atoms with Crippen LogP contribution in [-0.2, 0) is 0 Å². The Bertz CT molecular complexity index is 501. The van der Waals surface area contributed by atoms with Crippen molar-refractivity contribution < 1.29 is 0 Å². The van der Waals surface area contributed by atoms with Gasteiger partial charge in [-0.3, -0.25) is 0 Å². The van der Waals surface area contributed by atoms with Crippen LogP contribution >= 0.6 is 0 Å². The number of hydrogen-bond acceptors (Lipinski definition) is 3. The predicted octanol–water partition coefficient (Wildman–Crippen LogP) is 2.88. The average molecular weight is 232 g/mol. The normalized spacial score (nSPS) is 13.2. The van der Waals surface area contributed by atoms with Gasteiger partial charge in [0.1, 0.15) is 0 Å². The molecular formula is C13H20N4. The van der Waals surface area contributed by atoms with E-state index in [-0.39, 0.29) is 0 Å². The third-order valence-corrected chi connectivity index (χ3v) is 3.11. The lowest BCUT2D eigenvalue weighted by atomic mass is 10.0. The predicted molar refractivity (Wildman–Crippen MR) is 70.3 cm³/mol. The minimum atomic E-state index is 0.424. The second-order valence-corrected chi connectivity index (χ2v) is 4.78. The first-order chi connectivity index (χ1) is 8.11. The van der Waals surface area contributed by atoms with Gasteiger partial charge in [0.25, 0.3) is 0 Å². The van der Waals surface area contributed by atoms with Gasteiger partial charge in [-0.05, 0) is 31.4 Å². The number of fused-ring (bicyclic) bond motifs is 1. The average Bonchev–Trinajstić information content (AvgIpc) is 2.69. The van der Waals surface area contributed by atoms with Crippen LogP contribution in [-0.4, -0.2) is 20.6 Å². The number of aromatic nitrogens is 3. The molecule has 0 radical (unpaired) electrons. The lowest BCUT2D eigenvalue weighted by Crippen LogP contribution is -2.25. The number of anilines is 1. The maximum absolute atomic E-state index is 4.48. The smallest absolute Gasteiger partial charge is 0.243 e. The highest BCUT2D eigenvalue weighted by Gasteiger charge is 2.13. The van der Waals surface area contributed by atoms with Gasteiger partial charge in [0.2, 0.25) is 5.95 Å². The monoisotopic (exact) mass is 232 g/mol. The molecule has 2 rings (SSSR count). The number of nitrogens with one attached hydrogen (secondary N) is 1. The van der Waals surface area contributed by atoms with E-state index in [4.69, 9.17) is 0 Å². The van der Waals surface area contributed by atoms with Crippen LogP contribution in [0.3, 0.4) is 0 Å². The number of pyridine rings is 1. The molecule has 2 aromatic heterocycles. The maximum atomic E-state index is 4.48. The first-order valence-corrected chi connectivity index (χ1v) is 6.20. The van der Waals surface area contributed by atoms with Crippen LogP contribution in [0.4, 0.5) is 5.95 Å². The van der Waals surface area contributed by atoms with E-state index >= 15 is 0 Å². The molecular weight excluding hydrogens is 212 g/mol. The quantitative estimate of drug-likeness (QED) is 0.881. The van der Waals surface area contributed by atoms with Crippen molar-refractivity contribution in [2.45, 2.75) is 40.2 Å². The van der Waals surface area contributed by atoms with Gasteiger partial charge >= 0.3 is 0 Å². The van der Waals surface area contributed by atoms with Crippen LogP contribution < -0.4 is 5.32 Å². The zero-order valence-corrected chi connectivity index (χ0v) is 10.9. The Morgan fingerprint density at radius 1 is 1.35 bits per heavy atom. The summed E-state index contributed by atoms with van der Waals surface area (Å²) in [6, 6.07) is 6.43. The molecule has 1 N–H and O–H groups in total. The molecule has 17 heavy (non-hydrogen) atoms. The van der Waals surface area contributed by atoms with Crippen LogP contribution in [0.5, 0.6) is 0 Å². The van der Waals surface area contributed by atoms with E-state index in [9.17, 15) is 0 Å². The number of aryl methyl sites for hydroxylation is 1. The van der Waals surface area contributed by atoms with Crippen molar-refractivity contribution in [2.24, 2.45) is 5.92 Å². The summed E-state index contributed by atoms with van der Waals surface area (Å²) in [6.07, 6.45) is 1.08. The van der Waals surface area contributed by atoms with Gasteiger partial charge in [-0.25, -0.2) is 4.52 Å². The molecule has 0 aliphatic rings. The van der Waals surface area contributed by atoms with Crippen LogP contribution in [0.25, 0.3) is 5.65 Å². The molecule has 0 bridgehead atoms. The molecule has 0 saturated carbocycles. The lowest BCUT2D eigenvalue weighted by molar-refractivity contribution is 0.508. The zero-order chi connectivity index (χ0) is 12.4. The van der Waals surface area contributed by atoms with Crippen LogP contribution in [0.15, 0.2) is 18.2 Å². The molecule has 0 fully saturated rings. The van der Waals surface area contributed by atoms with Gasteiger partial charge in [-0.2, -0.15) is 4.98 Å². The molecule has 0 aliphatic heterocycles. The molecule has 4 nitrogen and oxygen atoms in total. The first kappa shape index (κ1) is 11.9. The molecule has 0 aromatic carbocycles. The molecule has 2 aromatic rings. The van der Waals surface area contributed by atoms with Gasteiger partial charge in [0.15, 0.2) is 5.65 Å². The van der Waals surface area contributed by atoms with Gasteiger partial charge in [-0.15, -0.1) is 5.10 Å². The number of rotatable bonds is 4. The summed E-state index contributed by atoms with van der Waals surface area (Å²) in [6.45, 7) is 8.63. The minimum absolute atomic E-state index is 0.424. The summed E-state index contributed by atoms with van der Waals surface area (Å²) in [5.41, 5.74) is 1.99. The summed E-state index contributed by atoms with van der Waals surface area (Å²) >= 11 is 0. The Balaban J connectivity index is 2.28. The Morgan fingerprint density at radius 2 is 2.12 bits per heavy atom. The molecule has 0 saturated heterocycles. The fourth-order valence-corrected chi connectivity index (χ4v) is 2.00. The van der Waals surface area contributed by atoms with E-state index < -0.39 is 0 Å². The fraction of sp³-hybridized carbons (Fsp3) is 0.538. The molecule has 1 atom stereocenters. The van der Waals surface area contributed by atoms with E-state index in [1.54, 1.807) is 0 Å². The Morgan fingerprint density at radius 3 is 2.71 bits per heavy atom. The van der Waals surface area contributed by atoms with Gasteiger partial charge in [0.05, 0.1) is 0 Å². The van der Waals surface area contributed by atoms with E-state index in [0.717, 1.165) is 23.7 Å². The molecule has 0 aliphatic carbocycles. The third-order valence-electron chi connectivity index (χ3n) is 3.11. The van der Waals surface area contributed by atoms with Crippen molar-refractivity contribution >= 4 is 11.6 Å². The Labute approximate surface area is 102 Å². The minimum Gasteiger partial charge on any atom is -0.350 e. The standard InChI is InChI=1S/C13H20N4/c1-5-11(9(2)3)14-13-15-12-8-6-7-10(4)17(12)16-13/h6-9,11H,5H2,1-4H3,(H,14,16). The second kappa shape index (κ2) is 4.73. The van der Waals surface area contributed by atoms with E-state index in [1.807, 2.05) is 29.6 Å². The molecule has 4 heteroatoms. The van der Waals surface area contributed by atoms with E-state index in [1.165, 1.54) is 0 Å². The largest absolute Gasteiger partial charge is 0.350 e. The van der Waals surface area contributed by atoms with Crippen molar-refractivity contribution in [1.29, 1.82) is 0 Å². The molecule has 0 amide bonds. The van der Waals surface area contributed by atoms with E-state index in [0.29, 0.717) is 12.0 Å². The summed E-state index contributed by atoms with van der Waals surface area (Å²) in [4.78, 5) is 4.48. The summed E-state index contributed by atoms with van der Waals surface area (Å²) < 4.78 is 1.87. The van der Waals surface area contributed by atoms with Crippen molar-refractivity contribution in [3.8, 4) is 0 Å². The van der Waals surface area contributed by atoms with Gasteiger partial charge in [-0.1, -0.05) is 26.8 Å². The van der Waals surface area contributed by atoms with E-state index in [2.05, 4.69) is 36.2 Å². The van der Waals surface area contributed by atoms with Gasteiger partial charge < -0.3 is 5.32 Å². The highest BCUT2D eigenvalue weighted by Crippen LogP contribution is 2.13. The van der Waals surface area contributed by atoms with Crippen LogP contribution in [0, 0.1) is 12.8 Å². The lowest BCUT2D eigenvalue weighted by Gasteiger charge is -2.19. The molecule has 1 unspecified atom stereocenters. The van der Waals surface area contributed by atoms with Crippen molar-refractivity contribution in [2.75, 3.05) is 5.32 Å². The number of hydrogen-bond donors (Lipinski definition) is 1. The number of nitrogens with zero attached hydrogens (tertiary/aromatic N) is 3. The summed E-state index contributed by atoms with van der Waals surface area (Å²) in [5, 5.41) is 7.88. The SMILES string of the molecule is CCC(Nc1nc2cccc(C)n2n1)C(C)C. The van der Waals surface area contributed by atoms with Crippen LogP contribution in [0.2, 0.25) is 0 Å². The molecule has 2 heterocycles. The fourth-order valence-electron chi connectivity index (χ4n) is 2.00. The van der Waals surface area contributed by atoms with Gasteiger partial charge in [0, 0.05) is 11.7 Å². The third kappa shape index (κ3) is 2.40. The van der Waals surface area contributed by atoms with Crippen LogP contribution in [0.1, 0.15) is 32.9 Å². The highest BCUT2D eigenvalue weighted by atomic mass is 15.4.